The minimum Gasteiger partial charge on any atom is -0.390 e. The van der Waals surface area contributed by atoms with Crippen LogP contribution in [0.2, 0.25) is 0 Å². The van der Waals surface area contributed by atoms with E-state index >= 15 is 0 Å². The molecule has 0 bridgehead atoms. The Morgan fingerprint density at radius 1 is 1.04 bits per heavy atom. The van der Waals surface area contributed by atoms with Crippen LogP contribution >= 0.6 is 0 Å². The van der Waals surface area contributed by atoms with Gasteiger partial charge in [0.05, 0.1) is 12.7 Å². The maximum atomic E-state index is 10.4. The number of β-amino-alcohol motifs (C(OH)–C–C–N with tert-alkyl or cyclic N) is 1. The maximum Gasteiger partial charge on any atom is 0.0793 e. The third-order valence-corrected chi connectivity index (χ3v) is 5.39. The molecule has 23 heavy (non-hydrogen) atoms. The molecule has 0 saturated carbocycles. The molecule has 2 fully saturated rings. The molecule has 2 saturated heterocycles. The van der Waals surface area contributed by atoms with Crippen molar-refractivity contribution in [2.24, 2.45) is 5.92 Å². The Kier molecular flexibility index (Phi) is 8.27. The molecule has 2 heterocycles. The third-order valence-electron chi connectivity index (χ3n) is 5.39. The van der Waals surface area contributed by atoms with E-state index in [0.717, 1.165) is 71.5 Å². The van der Waals surface area contributed by atoms with E-state index in [9.17, 15) is 5.11 Å². The van der Waals surface area contributed by atoms with Gasteiger partial charge in [-0.15, -0.1) is 0 Å². The summed E-state index contributed by atoms with van der Waals surface area (Å²) >= 11 is 0. The fourth-order valence-corrected chi connectivity index (χ4v) is 3.79. The van der Waals surface area contributed by atoms with Crippen molar-refractivity contribution in [3.63, 3.8) is 0 Å². The quantitative estimate of drug-likeness (QED) is 0.677. The number of piperazine rings is 1. The van der Waals surface area contributed by atoms with Gasteiger partial charge in [-0.3, -0.25) is 9.80 Å². The van der Waals surface area contributed by atoms with E-state index in [-0.39, 0.29) is 6.10 Å². The molecule has 2 atom stereocenters. The van der Waals surface area contributed by atoms with E-state index < -0.39 is 0 Å². The molecule has 0 aromatic rings. The second kappa shape index (κ2) is 9.94. The number of ether oxygens (including phenoxy) is 1. The van der Waals surface area contributed by atoms with Gasteiger partial charge in [0, 0.05) is 51.9 Å². The smallest absolute Gasteiger partial charge is 0.0793 e. The summed E-state index contributed by atoms with van der Waals surface area (Å²) in [6.07, 6.45) is 2.34. The van der Waals surface area contributed by atoms with Crippen molar-refractivity contribution in [3.05, 3.63) is 0 Å². The van der Waals surface area contributed by atoms with Gasteiger partial charge in [0.25, 0.3) is 0 Å². The molecule has 5 heteroatoms. The van der Waals surface area contributed by atoms with Gasteiger partial charge in [0.2, 0.25) is 0 Å². The third kappa shape index (κ3) is 6.67. The van der Waals surface area contributed by atoms with Crippen LogP contribution in [-0.2, 0) is 4.74 Å². The van der Waals surface area contributed by atoms with E-state index in [1.54, 1.807) is 0 Å². The van der Waals surface area contributed by atoms with Crippen LogP contribution in [0.3, 0.4) is 0 Å². The van der Waals surface area contributed by atoms with Crippen LogP contribution in [-0.4, -0.2) is 97.5 Å². The van der Waals surface area contributed by atoms with Gasteiger partial charge in [-0.25, -0.2) is 0 Å². The minimum atomic E-state index is -0.217. The molecule has 1 N–H and O–H groups in total. The first-order valence-electron chi connectivity index (χ1n) is 9.53. The SMILES string of the molecule is CCOCCN1CCN(CC(O)CN2CCC(C)CC2)CC1C. The van der Waals surface area contributed by atoms with Gasteiger partial charge in [0.15, 0.2) is 0 Å². The Balaban J connectivity index is 1.64. The van der Waals surface area contributed by atoms with Crippen LogP contribution in [0.15, 0.2) is 0 Å². The molecular weight excluding hydrogens is 290 g/mol. The summed E-state index contributed by atoms with van der Waals surface area (Å²) in [5, 5.41) is 10.4. The topological polar surface area (TPSA) is 39.2 Å². The Morgan fingerprint density at radius 2 is 1.74 bits per heavy atom. The van der Waals surface area contributed by atoms with E-state index in [0.29, 0.717) is 6.04 Å². The lowest BCUT2D eigenvalue weighted by molar-refractivity contribution is 0.0164. The Hall–Kier alpha value is -0.200. The Bertz CT molecular complexity index is 321. The molecule has 0 aromatic carbocycles. The van der Waals surface area contributed by atoms with Gasteiger partial charge in [-0.1, -0.05) is 6.92 Å². The van der Waals surface area contributed by atoms with Crippen molar-refractivity contribution in [1.29, 1.82) is 0 Å². The molecule has 0 aliphatic carbocycles. The van der Waals surface area contributed by atoms with Crippen molar-refractivity contribution < 1.29 is 9.84 Å². The van der Waals surface area contributed by atoms with Crippen LogP contribution in [0.25, 0.3) is 0 Å². The number of likely N-dealkylation sites (tertiary alicyclic amines) is 1. The number of aliphatic hydroxyl groups excluding tert-OH is 1. The highest BCUT2D eigenvalue weighted by molar-refractivity contribution is 4.81. The second-order valence-corrected chi connectivity index (χ2v) is 7.48. The number of aliphatic hydroxyl groups is 1. The predicted molar refractivity (Wildman–Crippen MR) is 94.8 cm³/mol. The van der Waals surface area contributed by atoms with Gasteiger partial charge in [0.1, 0.15) is 0 Å². The highest BCUT2D eigenvalue weighted by Gasteiger charge is 2.25. The van der Waals surface area contributed by atoms with Crippen LogP contribution in [0.1, 0.15) is 33.6 Å². The van der Waals surface area contributed by atoms with Crippen molar-refractivity contribution in [2.75, 3.05) is 65.6 Å². The van der Waals surface area contributed by atoms with Crippen molar-refractivity contribution in [1.82, 2.24) is 14.7 Å². The second-order valence-electron chi connectivity index (χ2n) is 7.48. The molecule has 2 unspecified atom stereocenters. The van der Waals surface area contributed by atoms with Gasteiger partial charge in [-0.05, 0) is 45.7 Å². The summed E-state index contributed by atoms with van der Waals surface area (Å²) in [5.74, 6) is 0.856. The van der Waals surface area contributed by atoms with Crippen LogP contribution in [0.5, 0.6) is 0 Å². The number of hydrogen-bond donors (Lipinski definition) is 1. The minimum absolute atomic E-state index is 0.217. The summed E-state index contributed by atoms with van der Waals surface area (Å²) < 4.78 is 5.47. The molecule has 0 aromatic heterocycles. The fraction of sp³-hybridized carbons (Fsp3) is 1.00. The summed E-state index contributed by atoms with van der Waals surface area (Å²) in [6, 6.07) is 0.548. The van der Waals surface area contributed by atoms with Gasteiger partial charge < -0.3 is 14.7 Å². The Morgan fingerprint density at radius 3 is 2.39 bits per heavy atom. The van der Waals surface area contributed by atoms with Gasteiger partial charge in [-0.2, -0.15) is 0 Å². The molecular formula is C18H37N3O2. The predicted octanol–water partition coefficient (Wildman–Crippen LogP) is 1.12. The average molecular weight is 328 g/mol. The van der Waals surface area contributed by atoms with E-state index in [1.165, 1.54) is 12.8 Å². The largest absolute Gasteiger partial charge is 0.390 e. The first-order chi connectivity index (χ1) is 11.1. The molecule has 2 aliphatic heterocycles. The number of hydrogen-bond acceptors (Lipinski definition) is 5. The normalized spacial score (nSPS) is 27.4. The standard InChI is InChI=1S/C18H37N3O2/c1-4-23-12-11-21-10-9-20(13-17(21)3)15-18(22)14-19-7-5-16(2)6-8-19/h16-18,22H,4-15H2,1-3H3. The molecule has 0 radical (unpaired) electrons. The van der Waals surface area contributed by atoms with Gasteiger partial charge >= 0.3 is 0 Å². The summed E-state index contributed by atoms with van der Waals surface area (Å²) in [7, 11) is 0. The van der Waals surface area contributed by atoms with Crippen LogP contribution in [0.4, 0.5) is 0 Å². The monoisotopic (exact) mass is 327 g/mol. The average Bonchev–Trinajstić information content (AvgIpc) is 2.52. The van der Waals surface area contributed by atoms with Crippen molar-refractivity contribution in [2.45, 2.75) is 45.8 Å². The number of nitrogens with zero attached hydrogens (tertiary/aromatic N) is 3. The van der Waals surface area contributed by atoms with E-state index in [1.807, 2.05) is 6.92 Å². The molecule has 2 aliphatic rings. The van der Waals surface area contributed by atoms with Crippen molar-refractivity contribution >= 4 is 0 Å². The summed E-state index contributed by atoms with van der Waals surface area (Å²) in [6.45, 7) is 16.5. The van der Waals surface area contributed by atoms with Crippen LogP contribution in [0, 0.1) is 5.92 Å². The highest BCUT2D eigenvalue weighted by atomic mass is 16.5. The zero-order chi connectivity index (χ0) is 16.7. The van der Waals surface area contributed by atoms with E-state index in [4.69, 9.17) is 4.74 Å². The Labute approximate surface area is 142 Å². The number of rotatable bonds is 8. The first-order valence-corrected chi connectivity index (χ1v) is 9.53. The molecule has 136 valence electrons. The highest BCUT2D eigenvalue weighted by Crippen LogP contribution is 2.16. The fourth-order valence-electron chi connectivity index (χ4n) is 3.79. The number of piperidine rings is 1. The summed E-state index contributed by atoms with van der Waals surface area (Å²) in [4.78, 5) is 7.37. The molecule has 5 nitrogen and oxygen atoms in total. The molecule has 0 spiro atoms. The lowest BCUT2D eigenvalue weighted by Gasteiger charge is -2.41. The lowest BCUT2D eigenvalue weighted by Crippen LogP contribution is -2.54. The first kappa shape index (κ1) is 19.1. The zero-order valence-electron chi connectivity index (χ0n) is 15.4. The molecule has 2 rings (SSSR count). The lowest BCUT2D eigenvalue weighted by atomic mass is 9.99. The van der Waals surface area contributed by atoms with Crippen molar-refractivity contribution in [3.8, 4) is 0 Å². The zero-order valence-corrected chi connectivity index (χ0v) is 15.4. The molecule has 0 amide bonds. The maximum absolute atomic E-state index is 10.4. The van der Waals surface area contributed by atoms with E-state index in [2.05, 4.69) is 28.5 Å². The summed E-state index contributed by atoms with van der Waals surface area (Å²) in [5.41, 5.74) is 0. The van der Waals surface area contributed by atoms with Crippen LogP contribution < -0.4 is 0 Å².